The van der Waals surface area contributed by atoms with Gasteiger partial charge in [0, 0.05) is 41.9 Å². The maximum absolute atomic E-state index is 14.8. The van der Waals surface area contributed by atoms with Crippen molar-refractivity contribution >= 4 is 10.9 Å². The molecular formula is C25H29FN6. The zero-order valence-corrected chi connectivity index (χ0v) is 18.1. The third-order valence-electron chi connectivity index (χ3n) is 6.43. The minimum atomic E-state index is -0.827. The minimum absolute atomic E-state index is 0.0591. The lowest BCUT2D eigenvalue weighted by molar-refractivity contribution is 0.102. The summed E-state index contributed by atoms with van der Waals surface area (Å²) in [6.07, 6.45) is 7.51. The predicted molar refractivity (Wildman–Crippen MR) is 125 cm³/mol. The molecule has 0 amide bonds. The zero-order valence-electron chi connectivity index (χ0n) is 18.1. The van der Waals surface area contributed by atoms with E-state index in [-0.39, 0.29) is 6.04 Å². The van der Waals surface area contributed by atoms with Crippen LogP contribution in [-0.2, 0) is 13.0 Å². The van der Waals surface area contributed by atoms with Crippen LogP contribution in [0.2, 0.25) is 0 Å². The van der Waals surface area contributed by atoms with Crippen molar-refractivity contribution in [3.05, 3.63) is 78.5 Å². The lowest BCUT2D eigenvalue weighted by Gasteiger charge is -2.35. The molecule has 1 saturated heterocycles. The fourth-order valence-corrected chi connectivity index (χ4v) is 4.61. The first kappa shape index (κ1) is 20.8. The number of H-pyrrole nitrogens is 1. The number of hydrogen-bond donors (Lipinski definition) is 2. The number of aryl methyl sites for hydroxylation is 1. The molecule has 7 heteroatoms. The Labute approximate surface area is 187 Å². The summed E-state index contributed by atoms with van der Waals surface area (Å²) in [5.74, 6) is 0. The van der Waals surface area contributed by atoms with E-state index in [1.165, 1.54) is 16.5 Å². The number of aromatic amines is 1. The molecule has 0 saturated carbocycles. The Kier molecular flexibility index (Phi) is 6.27. The highest BCUT2D eigenvalue weighted by Gasteiger charge is 2.28. The number of benzene rings is 2. The highest BCUT2D eigenvalue weighted by atomic mass is 19.1. The molecule has 0 spiro atoms. The van der Waals surface area contributed by atoms with Crippen molar-refractivity contribution in [3.8, 4) is 5.69 Å². The van der Waals surface area contributed by atoms with E-state index in [0.717, 1.165) is 50.1 Å². The van der Waals surface area contributed by atoms with Crippen molar-refractivity contribution in [2.45, 2.75) is 38.0 Å². The Hall–Kier alpha value is -3.03. The third-order valence-corrected chi connectivity index (χ3v) is 6.43. The van der Waals surface area contributed by atoms with Crippen molar-refractivity contribution in [1.29, 1.82) is 0 Å². The fraction of sp³-hybridized carbons (Fsp3) is 0.360. The van der Waals surface area contributed by atoms with Crippen molar-refractivity contribution in [2.75, 3.05) is 19.6 Å². The molecule has 6 nitrogen and oxygen atoms in total. The quantitative estimate of drug-likeness (QED) is 0.444. The van der Waals surface area contributed by atoms with E-state index in [0.29, 0.717) is 6.54 Å². The summed E-state index contributed by atoms with van der Waals surface area (Å²) in [6.45, 7) is 3.10. The van der Waals surface area contributed by atoms with Crippen LogP contribution in [-0.4, -0.2) is 56.5 Å². The minimum Gasteiger partial charge on any atom is -0.361 e. The topological polar surface area (TPSA) is 61.8 Å². The van der Waals surface area contributed by atoms with Crippen LogP contribution in [0.25, 0.3) is 16.6 Å². The molecule has 0 radical (unpaired) electrons. The van der Waals surface area contributed by atoms with Crippen LogP contribution in [0.3, 0.4) is 0 Å². The molecule has 5 rings (SSSR count). The van der Waals surface area contributed by atoms with Gasteiger partial charge >= 0.3 is 0 Å². The molecule has 2 aromatic heterocycles. The summed E-state index contributed by atoms with van der Waals surface area (Å²) in [6, 6.07) is 16.5. The predicted octanol–water partition coefficient (Wildman–Crippen LogP) is 3.88. The first-order chi connectivity index (χ1) is 15.8. The van der Waals surface area contributed by atoms with E-state index in [2.05, 4.69) is 61.9 Å². The SMILES string of the molecule is F[C@@H]1CN(CCCc2c[nH]c3ccc(-n4cnnc4)cc23)CC[C@H]1NCc1ccccc1. The van der Waals surface area contributed by atoms with Crippen molar-refractivity contribution < 1.29 is 4.39 Å². The zero-order chi connectivity index (χ0) is 21.8. The van der Waals surface area contributed by atoms with E-state index < -0.39 is 6.17 Å². The Bertz CT molecular complexity index is 1120. The van der Waals surface area contributed by atoms with Gasteiger partial charge in [-0.25, -0.2) is 4.39 Å². The van der Waals surface area contributed by atoms with Gasteiger partial charge in [0.1, 0.15) is 18.8 Å². The van der Waals surface area contributed by atoms with E-state index in [4.69, 9.17) is 0 Å². The molecule has 2 N–H and O–H groups in total. The van der Waals surface area contributed by atoms with Gasteiger partial charge in [-0.3, -0.25) is 4.57 Å². The van der Waals surface area contributed by atoms with E-state index >= 15 is 0 Å². The van der Waals surface area contributed by atoms with Crippen LogP contribution in [0.5, 0.6) is 0 Å². The molecule has 0 aliphatic carbocycles. The van der Waals surface area contributed by atoms with Crippen LogP contribution in [0.1, 0.15) is 24.0 Å². The van der Waals surface area contributed by atoms with Crippen molar-refractivity contribution in [3.63, 3.8) is 0 Å². The van der Waals surface area contributed by atoms with Crippen LogP contribution >= 0.6 is 0 Å². The number of aromatic nitrogens is 4. The largest absolute Gasteiger partial charge is 0.361 e. The molecule has 2 atom stereocenters. The van der Waals surface area contributed by atoms with Gasteiger partial charge in [0.25, 0.3) is 0 Å². The molecule has 1 aliphatic heterocycles. The average Bonchev–Trinajstić information content (AvgIpc) is 3.49. The van der Waals surface area contributed by atoms with E-state index in [1.54, 1.807) is 12.7 Å². The van der Waals surface area contributed by atoms with Crippen molar-refractivity contribution in [1.82, 2.24) is 30.0 Å². The molecule has 32 heavy (non-hydrogen) atoms. The first-order valence-electron chi connectivity index (χ1n) is 11.3. The van der Waals surface area contributed by atoms with Crippen LogP contribution < -0.4 is 5.32 Å². The number of halogens is 1. The summed E-state index contributed by atoms with van der Waals surface area (Å²) in [5.41, 5.74) is 4.68. The molecule has 2 aromatic carbocycles. The maximum atomic E-state index is 14.8. The van der Waals surface area contributed by atoms with Gasteiger partial charge in [-0.05, 0) is 61.7 Å². The standard InChI is InChI=1S/C25H29FN6/c26-23-16-31(12-10-25(23)27-14-19-5-2-1-3-6-19)11-4-7-20-15-28-24-9-8-21(13-22(20)24)32-17-29-30-18-32/h1-3,5-6,8-9,13,15,17-18,23,25,27-28H,4,7,10-12,14,16H2/t23-,25-/m1/s1. The summed E-state index contributed by atoms with van der Waals surface area (Å²) >= 11 is 0. The van der Waals surface area contributed by atoms with E-state index in [1.807, 2.05) is 22.8 Å². The summed E-state index contributed by atoms with van der Waals surface area (Å²) in [4.78, 5) is 5.63. The monoisotopic (exact) mass is 432 g/mol. The second kappa shape index (κ2) is 9.63. The van der Waals surface area contributed by atoms with Crippen LogP contribution in [0.15, 0.2) is 67.4 Å². The Balaban J connectivity index is 1.12. The normalized spacial score (nSPS) is 19.5. The molecule has 1 aliphatic rings. The highest BCUT2D eigenvalue weighted by molar-refractivity contribution is 5.85. The molecule has 166 valence electrons. The second-order valence-electron chi connectivity index (χ2n) is 8.59. The second-order valence-corrected chi connectivity index (χ2v) is 8.59. The smallest absolute Gasteiger partial charge is 0.128 e. The Morgan fingerprint density at radius 2 is 1.94 bits per heavy atom. The molecule has 1 fully saturated rings. The molecule has 0 bridgehead atoms. The molecule has 0 unspecified atom stereocenters. The summed E-state index contributed by atoms with van der Waals surface area (Å²) < 4.78 is 16.7. The number of rotatable bonds is 8. The van der Waals surface area contributed by atoms with Gasteiger partial charge in [-0.15, -0.1) is 10.2 Å². The van der Waals surface area contributed by atoms with Gasteiger partial charge < -0.3 is 15.2 Å². The first-order valence-corrected chi connectivity index (χ1v) is 11.3. The van der Waals surface area contributed by atoms with Crippen molar-refractivity contribution in [2.24, 2.45) is 0 Å². The van der Waals surface area contributed by atoms with Gasteiger partial charge in [0.15, 0.2) is 0 Å². The van der Waals surface area contributed by atoms with Gasteiger partial charge in [0.2, 0.25) is 0 Å². The lowest BCUT2D eigenvalue weighted by atomic mass is 10.0. The number of alkyl halides is 1. The molecule has 4 aromatic rings. The molecule has 3 heterocycles. The average molecular weight is 433 g/mol. The maximum Gasteiger partial charge on any atom is 0.128 e. The number of likely N-dealkylation sites (tertiary alicyclic amines) is 1. The Morgan fingerprint density at radius 1 is 1.09 bits per heavy atom. The van der Waals surface area contributed by atoms with Crippen LogP contribution in [0.4, 0.5) is 4.39 Å². The number of piperidine rings is 1. The third kappa shape index (κ3) is 4.74. The fourth-order valence-electron chi connectivity index (χ4n) is 4.61. The number of fused-ring (bicyclic) bond motifs is 1. The number of nitrogens with one attached hydrogen (secondary N) is 2. The Morgan fingerprint density at radius 3 is 2.75 bits per heavy atom. The highest BCUT2D eigenvalue weighted by Crippen LogP contribution is 2.23. The number of nitrogens with zero attached hydrogens (tertiary/aromatic N) is 4. The summed E-state index contributed by atoms with van der Waals surface area (Å²) in [7, 11) is 0. The van der Waals surface area contributed by atoms with Gasteiger partial charge in [-0.2, -0.15) is 0 Å². The lowest BCUT2D eigenvalue weighted by Crippen LogP contribution is -2.50. The van der Waals surface area contributed by atoms with Crippen LogP contribution in [0, 0.1) is 0 Å². The number of hydrogen-bond acceptors (Lipinski definition) is 4. The van der Waals surface area contributed by atoms with Gasteiger partial charge in [-0.1, -0.05) is 30.3 Å². The van der Waals surface area contributed by atoms with E-state index in [9.17, 15) is 4.39 Å². The molecular weight excluding hydrogens is 403 g/mol. The van der Waals surface area contributed by atoms with Gasteiger partial charge in [0.05, 0.1) is 0 Å². The summed E-state index contributed by atoms with van der Waals surface area (Å²) in [5, 5.41) is 12.4.